The minimum Gasteiger partial charge on any atom is -0.251 e. The van der Waals surface area contributed by atoms with E-state index >= 15 is 0 Å². The van der Waals surface area contributed by atoms with E-state index in [4.69, 9.17) is 5.26 Å². The largest absolute Gasteiger partial charge is 0.251 e. The highest BCUT2D eigenvalue weighted by molar-refractivity contribution is 7.17. The van der Waals surface area contributed by atoms with E-state index in [0.717, 1.165) is 32.6 Å². The first-order valence-electron chi connectivity index (χ1n) is 9.13. The first kappa shape index (κ1) is 17.3. The predicted molar refractivity (Wildman–Crippen MR) is 104 cm³/mol. The average Bonchev–Trinajstić information content (AvgIpc) is 3.20. The molecule has 0 atom stereocenters. The van der Waals surface area contributed by atoms with Gasteiger partial charge in [0, 0.05) is 11.1 Å². The van der Waals surface area contributed by atoms with E-state index in [2.05, 4.69) is 39.4 Å². The maximum atomic E-state index is 8.52. The van der Waals surface area contributed by atoms with Crippen molar-refractivity contribution in [3.63, 3.8) is 0 Å². The van der Waals surface area contributed by atoms with Crippen molar-refractivity contribution >= 4 is 11.3 Å². The van der Waals surface area contributed by atoms with E-state index in [0.29, 0.717) is 0 Å². The standard InChI is InChI=1S/C21H22N2O2S/c24-25-14-15-6-8-18(9-7-15)20-22-23-21(26-20)19-12-10-17(11-13-19)16-4-2-1-3-5-16/h6-13,16,24H,1-5,14H2. The average molecular weight is 366 g/mol. The molecule has 1 saturated carbocycles. The number of hydrogen-bond donors (Lipinski definition) is 1. The van der Waals surface area contributed by atoms with Crippen molar-refractivity contribution in [1.82, 2.24) is 10.2 Å². The zero-order valence-electron chi connectivity index (χ0n) is 14.6. The molecule has 1 aliphatic rings. The van der Waals surface area contributed by atoms with Crippen LogP contribution in [0.2, 0.25) is 0 Å². The molecular formula is C21H22N2O2S. The normalized spacial score (nSPS) is 15.3. The maximum Gasteiger partial charge on any atom is 0.148 e. The van der Waals surface area contributed by atoms with Crippen LogP contribution in [0.1, 0.15) is 49.1 Å². The summed E-state index contributed by atoms with van der Waals surface area (Å²) in [6, 6.07) is 16.7. The molecule has 134 valence electrons. The van der Waals surface area contributed by atoms with Crippen LogP contribution < -0.4 is 0 Å². The van der Waals surface area contributed by atoms with Gasteiger partial charge < -0.3 is 0 Å². The van der Waals surface area contributed by atoms with Crippen LogP contribution in [-0.2, 0) is 11.5 Å². The summed E-state index contributed by atoms with van der Waals surface area (Å²) in [5, 5.41) is 19.1. The monoisotopic (exact) mass is 366 g/mol. The number of aromatic nitrogens is 2. The fraction of sp³-hybridized carbons (Fsp3) is 0.333. The zero-order chi connectivity index (χ0) is 17.8. The molecule has 0 saturated heterocycles. The smallest absolute Gasteiger partial charge is 0.148 e. The van der Waals surface area contributed by atoms with Crippen LogP contribution in [-0.4, -0.2) is 15.5 Å². The van der Waals surface area contributed by atoms with Gasteiger partial charge in [0.2, 0.25) is 0 Å². The van der Waals surface area contributed by atoms with Crippen LogP contribution in [0.4, 0.5) is 0 Å². The summed E-state index contributed by atoms with van der Waals surface area (Å²) >= 11 is 1.60. The lowest BCUT2D eigenvalue weighted by molar-refractivity contribution is -0.253. The van der Waals surface area contributed by atoms with Crippen molar-refractivity contribution in [2.45, 2.75) is 44.6 Å². The van der Waals surface area contributed by atoms with Gasteiger partial charge in [-0.2, -0.15) is 0 Å². The van der Waals surface area contributed by atoms with Gasteiger partial charge in [0.15, 0.2) is 0 Å². The summed E-state index contributed by atoms with van der Waals surface area (Å²) in [6.07, 6.45) is 6.74. The molecule has 0 unspecified atom stereocenters. The van der Waals surface area contributed by atoms with Gasteiger partial charge in [-0.05, 0) is 29.9 Å². The van der Waals surface area contributed by atoms with Crippen LogP contribution in [0.5, 0.6) is 0 Å². The van der Waals surface area contributed by atoms with E-state index in [1.54, 1.807) is 11.3 Å². The molecule has 0 bridgehead atoms. The molecule has 2 aromatic carbocycles. The van der Waals surface area contributed by atoms with Crippen LogP contribution in [0.15, 0.2) is 48.5 Å². The topological polar surface area (TPSA) is 55.2 Å². The molecule has 3 aromatic rings. The summed E-state index contributed by atoms with van der Waals surface area (Å²) in [6.45, 7) is 0.189. The van der Waals surface area contributed by atoms with Gasteiger partial charge in [-0.25, -0.2) is 4.89 Å². The quantitative estimate of drug-likeness (QED) is 0.450. The Kier molecular flexibility index (Phi) is 5.39. The molecule has 0 spiro atoms. The Balaban J connectivity index is 1.50. The lowest BCUT2D eigenvalue weighted by Gasteiger charge is -2.21. The van der Waals surface area contributed by atoms with E-state index in [-0.39, 0.29) is 6.61 Å². The Morgan fingerprint density at radius 2 is 1.42 bits per heavy atom. The lowest BCUT2D eigenvalue weighted by atomic mass is 9.84. The molecule has 1 aromatic heterocycles. The Labute approximate surface area is 157 Å². The number of nitrogens with zero attached hydrogens (tertiary/aromatic N) is 2. The van der Waals surface area contributed by atoms with Crippen molar-refractivity contribution in [2.75, 3.05) is 0 Å². The first-order chi connectivity index (χ1) is 12.8. The summed E-state index contributed by atoms with van der Waals surface area (Å²) in [4.78, 5) is 4.16. The van der Waals surface area contributed by atoms with E-state index < -0.39 is 0 Å². The molecule has 1 aliphatic carbocycles. The van der Waals surface area contributed by atoms with Crippen molar-refractivity contribution in [1.29, 1.82) is 0 Å². The van der Waals surface area contributed by atoms with Gasteiger partial charge in [-0.3, -0.25) is 5.26 Å². The Hall–Kier alpha value is -2.08. The zero-order valence-corrected chi connectivity index (χ0v) is 15.4. The van der Waals surface area contributed by atoms with Gasteiger partial charge in [0.1, 0.15) is 16.6 Å². The van der Waals surface area contributed by atoms with Crippen LogP contribution in [0, 0.1) is 0 Å². The minimum absolute atomic E-state index is 0.189. The first-order valence-corrected chi connectivity index (χ1v) is 9.94. The van der Waals surface area contributed by atoms with E-state index in [1.165, 1.54) is 37.7 Å². The molecule has 1 heterocycles. The molecule has 4 nitrogen and oxygen atoms in total. The predicted octanol–water partition coefficient (Wildman–Crippen LogP) is 5.91. The SMILES string of the molecule is OOCc1ccc(-c2nnc(-c3ccc(C4CCCCC4)cc3)s2)cc1. The van der Waals surface area contributed by atoms with Gasteiger partial charge in [0.25, 0.3) is 0 Å². The Bertz CT molecular complexity index is 837. The van der Waals surface area contributed by atoms with Crippen molar-refractivity contribution in [3.8, 4) is 21.1 Å². The van der Waals surface area contributed by atoms with Crippen molar-refractivity contribution < 1.29 is 10.1 Å². The third kappa shape index (κ3) is 3.85. The van der Waals surface area contributed by atoms with Crippen molar-refractivity contribution in [3.05, 3.63) is 59.7 Å². The number of benzene rings is 2. The van der Waals surface area contributed by atoms with E-state index in [1.807, 2.05) is 24.3 Å². The molecule has 0 aliphatic heterocycles. The molecule has 5 heteroatoms. The second-order valence-electron chi connectivity index (χ2n) is 6.84. The van der Waals surface area contributed by atoms with Gasteiger partial charge in [-0.15, -0.1) is 10.2 Å². The minimum atomic E-state index is 0.189. The van der Waals surface area contributed by atoms with Gasteiger partial charge in [0.05, 0.1) is 0 Å². The molecule has 0 amide bonds. The third-order valence-corrected chi connectivity index (χ3v) is 6.11. The highest BCUT2D eigenvalue weighted by Gasteiger charge is 2.16. The number of rotatable bonds is 5. The highest BCUT2D eigenvalue weighted by Crippen LogP contribution is 2.35. The van der Waals surface area contributed by atoms with Gasteiger partial charge >= 0.3 is 0 Å². The fourth-order valence-corrected chi connectivity index (χ4v) is 4.46. The maximum absolute atomic E-state index is 8.52. The molecule has 0 radical (unpaired) electrons. The molecule has 1 N–H and O–H groups in total. The van der Waals surface area contributed by atoms with Crippen LogP contribution >= 0.6 is 11.3 Å². The number of hydrogen-bond acceptors (Lipinski definition) is 5. The van der Waals surface area contributed by atoms with E-state index in [9.17, 15) is 0 Å². The molecular weight excluding hydrogens is 344 g/mol. The van der Waals surface area contributed by atoms with Crippen LogP contribution in [0.3, 0.4) is 0 Å². The molecule has 4 rings (SSSR count). The van der Waals surface area contributed by atoms with Crippen molar-refractivity contribution in [2.24, 2.45) is 0 Å². The second kappa shape index (κ2) is 8.08. The fourth-order valence-electron chi connectivity index (χ4n) is 3.61. The summed E-state index contributed by atoms with van der Waals surface area (Å²) in [7, 11) is 0. The highest BCUT2D eigenvalue weighted by atomic mass is 32.1. The molecule has 1 fully saturated rings. The third-order valence-electron chi connectivity index (χ3n) is 5.09. The summed E-state index contributed by atoms with van der Waals surface area (Å²) in [5.41, 5.74) is 4.52. The lowest BCUT2D eigenvalue weighted by Crippen LogP contribution is -2.04. The Morgan fingerprint density at radius 3 is 2.00 bits per heavy atom. The molecule has 26 heavy (non-hydrogen) atoms. The summed E-state index contributed by atoms with van der Waals surface area (Å²) in [5.74, 6) is 0.726. The van der Waals surface area contributed by atoms with Crippen LogP contribution in [0.25, 0.3) is 21.1 Å². The Morgan fingerprint density at radius 1 is 0.846 bits per heavy atom. The summed E-state index contributed by atoms with van der Waals surface area (Å²) < 4.78 is 0. The van der Waals surface area contributed by atoms with Gasteiger partial charge in [-0.1, -0.05) is 79.1 Å². The second-order valence-corrected chi connectivity index (χ2v) is 7.82.